The molecular formula is C13H15N. The number of nitriles is 1. The molecule has 1 aromatic carbocycles. The molecule has 1 nitrogen and oxygen atoms in total. The van der Waals surface area contributed by atoms with E-state index in [0.717, 1.165) is 12.8 Å². The Balaban J connectivity index is 2.56. The van der Waals surface area contributed by atoms with Gasteiger partial charge in [-0.2, -0.15) is 5.26 Å². The van der Waals surface area contributed by atoms with Gasteiger partial charge in [0.05, 0.1) is 12.0 Å². The number of nitrogens with zero attached hydrogens (tertiary/aromatic N) is 1. The first-order chi connectivity index (χ1) is 6.65. The van der Waals surface area contributed by atoms with Crippen molar-refractivity contribution >= 4 is 0 Å². The smallest absolute Gasteiger partial charge is 0.0715 e. The van der Waals surface area contributed by atoms with Gasteiger partial charge < -0.3 is 0 Å². The van der Waals surface area contributed by atoms with Gasteiger partial charge in [-0.1, -0.05) is 38.1 Å². The van der Waals surface area contributed by atoms with Gasteiger partial charge in [-0.15, -0.1) is 0 Å². The number of hydrogen-bond acceptors (Lipinski definition) is 1. The fraction of sp³-hybridized carbons (Fsp3) is 0.462. The lowest BCUT2D eigenvalue weighted by Gasteiger charge is -2.34. The minimum absolute atomic E-state index is 0.110. The van der Waals surface area contributed by atoms with Crippen LogP contribution >= 0.6 is 0 Å². The number of fused-ring (bicyclic) bond motifs is 1. The van der Waals surface area contributed by atoms with Gasteiger partial charge in [0, 0.05) is 0 Å². The van der Waals surface area contributed by atoms with Crippen molar-refractivity contribution in [2.24, 2.45) is 0 Å². The summed E-state index contributed by atoms with van der Waals surface area (Å²) in [4.78, 5) is 0. The summed E-state index contributed by atoms with van der Waals surface area (Å²) in [6.45, 7) is 4.53. The summed E-state index contributed by atoms with van der Waals surface area (Å²) in [6.07, 6.45) is 2.11. The van der Waals surface area contributed by atoms with Gasteiger partial charge >= 0.3 is 0 Å². The van der Waals surface area contributed by atoms with Crippen LogP contribution in [0.5, 0.6) is 0 Å². The highest BCUT2D eigenvalue weighted by Gasteiger charge is 2.31. The van der Waals surface area contributed by atoms with Crippen molar-refractivity contribution in [2.75, 3.05) is 0 Å². The molecular weight excluding hydrogens is 170 g/mol. The van der Waals surface area contributed by atoms with Crippen LogP contribution in [0.25, 0.3) is 0 Å². The Morgan fingerprint density at radius 1 is 1.36 bits per heavy atom. The highest BCUT2D eigenvalue weighted by atomic mass is 14.4. The Morgan fingerprint density at radius 3 is 2.79 bits per heavy atom. The first-order valence-electron chi connectivity index (χ1n) is 5.14. The van der Waals surface area contributed by atoms with Crippen LogP contribution in [0.3, 0.4) is 0 Å². The largest absolute Gasteiger partial charge is 0.198 e. The van der Waals surface area contributed by atoms with Gasteiger partial charge in [0.25, 0.3) is 0 Å². The van der Waals surface area contributed by atoms with E-state index in [0.29, 0.717) is 0 Å². The van der Waals surface area contributed by atoms with Gasteiger partial charge in [-0.05, 0) is 29.4 Å². The second-order valence-corrected chi connectivity index (χ2v) is 4.69. The summed E-state index contributed by atoms with van der Waals surface area (Å²) in [5.41, 5.74) is 2.84. The molecule has 0 saturated heterocycles. The van der Waals surface area contributed by atoms with E-state index in [1.165, 1.54) is 11.1 Å². The second-order valence-electron chi connectivity index (χ2n) is 4.69. The lowest BCUT2D eigenvalue weighted by Crippen LogP contribution is -2.25. The quantitative estimate of drug-likeness (QED) is 0.608. The summed E-state index contributed by atoms with van der Waals surface area (Å²) < 4.78 is 0. The summed E-state index contributed by atoms with van der Waals surface area (Å²) in [5.74, 6) is 0.110. The molecule has 14 heavy (non-hydrogen) atoms. The molecule has 1 aromatic rings. The fourth-order valence-electron chi connectivity index (χ4n) is 2.35. The first-order valence-corrected chi connectivity index (χ1v) is 5.14. The summed E-state index contributed by atoms with van der Waals surface area (Å²) in [7, 11) is 0. The molecule has 1 atom stereocenters. The topological polar surface area (TPSA) is 23.8 Å². The van der Waals surface area contributed by atoms with Crippen molar-refractivity contribution in [1.29, 1.82) is 5.26 Å². The zero-order chi connectivity index (χ0) is 10.2. The molecule has 0 fully saturated rings. The lowest BCUT2D eigenvalue weighted by atomic mass is 9.69. The molecule has 0 radical (unpaired) electrons. The van der Waals surface area contributed by atoms with E-state index < -0.39 is 0 Å². The van der Waals surface area contributed by atoms with Crippen molar-refractivity contribution in [3.8, 4) is 6.07 Å². The molecule has 0 heterocycles. The third kappa shape index (κ3) is 1.32. The molecule has 1 aliphatic carbocycles. The van der Waals surface area contributed by atoms with Crippen LogP contribution in [-0.4, -0.2) is 0 Å². The van der Waals surface area contributed by atoms with Gasteiger partial charge in [-0.25, -0.2) is 0 Å². The predicted octanol–water partition coefficient (Wildman–Crippen LogP) is 3.37. The monoisotopic (exact) mass is 185 g/mol. The Morgan fingerprint density at radius 2 is 2.07 bits per heavy atom. The zero-order valence-corrected chi connectivity index (χ0v) is 8.75. The minimum atomic E-state index is 0.110. The average Bonchev–Trinajstić information content (AvgIpc) is 2.18. The Hall–Kier alpha value is -1.29. The van der Waals surface area contributed by atoms with Crippen molar-refractivity contribution in [3.05, 3.63) is 35.4 Å². The van der Waals surface area contributed by atoms with E-state index in [4.69, 9.17) is 5.26 Å². The second kappa shape index (κ2) is 3.13. The normalized spacial score (nSPS) is 23.6. The maximum atomic E-state index is 9.06. The van der Waals surface area contributed by atoms with E-state index in [9.17, 15) is 0 Å². The Bertz CT molecular complexity index is 384. The maximum absolute atomic E-state index is 9.06. The molecule has 0 aromatic heterocycles. The standard InChI is InChI=1S/C13H15N/c1-13(2)8-7-10(9-14)11-5-3-4-6-12(11)13/h3-6,10H,7-8H2,1-2H3/t10-/m0/s1. The van der Waals surface area contributed by atoms with E-state index in [1.54, 1.807) is 0 Å². The molecule has 1 aliphatic rings. The SMILES string of the molecule is CC1(C)CC[C@@H](C#N)c2ccccc21. The van der Waals surface area contributed by atoms with Crippen LogP contribution in [0.1, 0.15) is 43.7 Å². The van der Waals surface area contributed by atoms with E-state index in [2.05, 4.69) is 38.1 Å². The molecule has 0 saturated carbocycles. The maximum Gasteiger partial charge on any atom is 0.0715 e. The minimum Gasteiger partial charge on any atom is -0.198 e. The fourth-order valence-corrected chi connectivity index (χ4v) is 2.35. The van der Waals surface area contributed by atoms with Crippen LogP contribution in [-0.2, 0) is 5.41 Å². The molecule has 72 valence electrons. The highest BCUT2D eigenvalue weighted by Crippen LogP contribution is 2.41. The van der Waals surface area contributed by atoms with Crippen LogP contribution in [0.15, 0.2) is 24.3 Å². The van der Waals surface area contributed by atoms with Gasteiger partial charge in [0.15, 0.2) is 0 Å². The van der Waals surface area contributed by atoms with E-state index in [-0.39, 0.29) is 11.3 Å². The van der Waals surface area contributed by atoms with Crippen molar-refractivity contribution in [2.45, 2.75) is 38.0 Å². The molecule has 1 heteroatoms. The summed E-state index contributed by atoms with van der Waals surface area (Å²) >= 11 is 0. The van der Waals surface area contributed by atoms with Gasteiger partial charge in [-0.3, -0.25) is 0 Å². The Labute approximate surface area is 85.4 Å². The third-order valence-electron chi connectivity index (χ3n) is 3.28. The molecule has 0 amide bonds. The molecule has 0 aliphatic heterocycles. The lowest BCUT2D eigenvalue weighted by molar-refractivity contribution is 0.417. The molecule has 0 bridgehead atoms. The average molecular weight is 185 g/mol. The zero-order valence-electron chi connectivity index (χ0n) is 8.75. The highest BCUT2D eigenvalue weighted by molar-refractivity contribution is 5.40. The number of rotatable bonds is 0. The van der Waals surface area contributed by atoms with Gasteiger partial charge in [0.2, 0.25) is 0 Å². The number of benzene rings is 1. The molecule has 0 unspecified atom stereocenters. The van der Waals surface area contributed by atoms with Crippen LogP contribution in [0.2, 0.25) is 0 Å². The molecule has 2 rings (SSSR count). The van der Waals surface area contributed by atoms with Crippen molar-refractivity contribution in [3.63, 3.8) is 0 Å². The summed E-state index contributed by atoms with van der Waals surface area (Å²) in [6, 6.07) is 10.8. The van der Waals surface area contributed by atoms with Crippen molar-refractivity contribution < 1.29 is 0 Å². The van der Waals surface area contributed by atoms with Gasteiger partial charge in [0.1, 0.15) is 0 Å². The predicted molar refractivity (Wildman–Crippen MR) is 57.1 cm³/mol. The van der Waals surface area contributed by atoms with E-state index in [1.807, 2.05) is 6.07 Å². The summed E-state index contributed by atoms with van der Waals surface area (Å²) in [5, 5.41) is 9.06. The third-order valence-corrected chi connectivity index (χ3v) is 3.28. The van der Waals surface area contributed by atoms with Crippen molar-refractivity contribution in [1.82, 2.24) is 0 Å². The molecule has 0 spiro atoms. The Kier molecular flexibility index (Phi) is 2.07. The number of hydrogen-bond donors (Lipinski definition) is 0. The molecule has 0 N–H and O–H groups in total. The van der Waals surface area contributed by atoms with Crippen LogP contribution in [0, 0.1) is 11.3 Å². The van der Waals surface area contributed by atoms with E-state index >= 15 is 0 Å². The van der Waals surface area contributed by atoms with Crippen LogP contribution in [0.4, 0.5) is 0 Å². The van der Waals surface area contributed by atoms with Crippen LogP contribution < -0.4 is 0 Å². The first kappa shape index (κ1) is 9.27.